The van der Waals surface area contributed by atoms with Gasteiger partial charge in [-0.25, -0.2) is 0 Å². The van der Waals surface area contributed by atoms with Crippen LogP contribution in [0.1, 0.15) is 31.4 Å². The van der Waals surface area contributed by atoms with Crippen molar-refractivity contribution in [3.63, 3.8) is 0 Å². The molecule has 0 saturated carbocycles. The SMILES string of the molecule is C[C](C)=[Zr+2]([C]1=CC=CC1)[c]1cccc2c1Cc1ccccc1-2.[Cl-].[Cl-]. The zero-order valence-electron chi connectivity index (χ0n) is 13.9. The summed E-state index contributed by atoms with van der Waals surface area (Å²) >= 11 is -1.86. The fourth-order valence-corrected chi connectivity index (χ4v) is 10.9. The molecule has 4 rings (SSSR count). The third-order valence-electron chi connectivity index (χ3n) is 4.71. The van der Waals surface area contributed by atoms with Crippen molar-refractivity contribution in [1.82, 2.24) is 0 Å². The van der Waals surface area contributed by atoms with E-state index in [1.807, 2.05) is 0 Å². The second kappa shape index (κ2) is 8.09. The largest absolute Gasteiger partial charge is 1.00 e. The van der Waals surface area contributed by atoms with Crippen molar-refractivity contribution in [2.45, 2.75) is 26.7 Å². The zero-order valence-corrected chi connectivity index (χ0v) is 17.9. The third-order valence-corrected chi connectivity index (χ3v) is 12.1. The van der Waals surface area contributed by atoms with Crippen LogP contribution in [-0.2, 0) is 27.7 Å². The van der Waals surface area contributed by atoms with Crippen LogP contribution in [0.3, 0.4) is 0 Å². The van der Waals surface area contributed by atoms with E-state index in [1.165, 1.54) is 23.1 Å². The zero-order chi connectivity index (χ0) is 15.1. The summed E-state index contributed by atoms with van der Waals surface area (Å²) in [4.78, 5) is 0. The van der Waals surface area contributed by atoms with E-state index in [9.17, 15) is 0 Å². The number of hydrogen-bond donors (Lipinski definition) is 0. The van der Waals surface area contributed by atoms with Crippen molar-refractivity contribution >= 4 is 6.48 Å². The maximum absolute atomic E-state index is 2.42. The molecule has 0 amide bonds. The van der Waals surface area contributed by atoms with E-state index in [2.05, 4.69) is 74.5 Å². The van der Waals surface area contributed by atoms with E-state index >= 15 is 0 Å². The summed E-state index contributed by atoms with van der Waals surface area (Å²) in [5.74, 6) is 0. The molecular weight excluding hydrogens is 414 g/mol. The summed E-state index contributed by atoms with van der Waals surface area (Å²) < 4.78 is 5.11. The smallest absolute Gasteiger partial charge is 1.00 e. The van der Waals surface area contributed by atoms with Gasteiger partial charge in [0.25, 0.3) is 0 Å². The first-order valence-electron chi connectivity index (χ1n) is 8.00. The van der Waals surface area contributed by atoms with Gasteiger partial charge in [-0.15, -0.1) is 0 Å². The van der Waals surface area contributed by atoms with Gasteiger partial charge in [0, 0.05) is 0 Å². The van der Waals surface area contributed by atoms with Gasteiger partial charge in [0.1, 0.15) is 0 Å². The number of hydrogen-bond acceptors (Lipinski definition) is 0. The summed E-state index contributed by atoms with van der Waals surface area (Å²) in [6.07, 6.45) is 9.26. The number of halogens is 2. The molecule has 2 aliphatic rings. The van der Waals surface area contributed by atoms with Crippen LogP contribution in [0, 0.1) is 0 Å². The molecule has 2 aliphatic carbocycles. The Morgan fingerprint density at radius 2 is 1.67 bits per heavy atom. The fourth-order valence-electron chi connectivity index (χ4n) is 3.79. The molecule has 3 heteroatoms. The summed E-state index contributed by atoms with van der Waals surface area (Å²) in [5.41, 5.74) is 6.06. The van der Waals surface area contributed by atoms with E-state index in [4.69, 9.17) is 0 Å². The molecule has 24 heavy (non-hydrogen) atoms. The van der Waals surface area contributed by atoms with Crippen molar-refractivity contribution in [3.8, 4) is 11.1 Å². The van der Waals surface area contributed by atoms with Crippen LogP contribution in [0.2, 0.25) is 0 Å². The molecular formula is C21H20Cl2Zr. The first-order chi connectivity index (χ1) is 10.8. The molecule has 0 fully saturated rings. The van der Waals surface area contributed by atoms with Crippen molar-refractivity contribution < 1.29 is 46.1 Å². The van der Waals surface area contributed by atoms with Gasteiger partial charge < -0.3 is 24.8 Å². The molecule has 0 aliphatic heterocycles. The van der Waals surface area contributed by atoms with Crippen LogP contribution in [0.4, 0.5) is 0 Å². The molecule has 0 N–H and O–H groups in total. The quantitative estimate of drug-likeness (QED) is 0.464. The molecule has 2 aromatic rings. The monoisotopic (exact) mass is 432 g/mol. The molecule has 0 saturated heterocycles. The Bertz CT molecular complexity index is 856. The van der Waals surface area contributed by atoms with Gasteiger partial charge in [-0.1, -0.05) is 0 Å². The standard InChI is InChI=1S/C13H9.C5H5.C3H6.2ClH.Zr/c1-3-7-12-10(5-1)9-11-6-2-4-8-13(11)12;1-2-4-5-3-1;1-3-2;;;/h1-5,7-8H,9H2;1-3H,4H2;1-2H3;2*1H;/q;;;;;+2/p-2. The van der Waals surface area contributed by atoms with Crippen LogP contribution < -0.4 is 28.1 Å². The van der Waals surface area contributed by atoms with E-state index in [1.54, 1.807) is 15.3 Å². The van der Waals surface area contributed by atoms with Crippen LogP contribution in [0.15, 0.2) is 64.0 Å². The van der Waals surface area contributed by atoms with Crippen molar-refractivity contribution in [1.29, 1.82) is 0 Å². The van der Waals surface area contributed by atoms with E-state index < -0.39 is 21.3 Å². The Kier molecular flexibility index (Phi) is 6.60. The van der Waals surface area contributed by atoms with Gasteiger partial charge in [0.05, 0.1) is 0 Å². The van der Waals surface area contributed by atoms with Crippen LogP contribution in [0.5, 0.6) is 0 Å². The van der Waals surface area contributed by atoms with Crippen molar-refractivity contribution in [2.24, 2.45) is 0 Å². The Balaban J connectivity index is 0.00000104. The second-order valence-electron chi connectivity index (χ2n) is 6.36. The predicted octanol–water partition coefficient (Wildman–Crippen LogP) is -1.43. The van der Waals surface area contributed by atoms with E-state index in [-0.39, 0.29) is 24.8 Å². The van der Waals surface area contributed by atoms with Gasteiger partial charge in [-0.05, 0) is 0 Å². The number of allylic oxidation sites excluding steroid dienone is 4. The summed E-state index contributed by atoms with van der Waals surface area (Å²) in [6, 6.07) is 15.9. The molecule has 122 valence electrons. The molecule has 0 radical (unpaired) electrons. The average Bonchev–Trinajstić information content (AvgIpc) is 3.15. The first-order valence-corrected chi connectivity index (χ1v) is 11.7. The Hall–Kier alpha value is -0.747. The molecule has 2 aromatic carbocycles. The maximum Gasteiger partial charge on any atom is -1.00 e. The van der Waals surface area contributed by atoms with Crippen molar-refractivity contribution in [3.05, 3.63) is 75.1 Å². The molecule has 0 nitrogen and oxygen atoms in total. The second-order valence-corrected chi connectivity index (χ2v) is 13.6. The first kappa shape index (κ1) is 19.6. The van der Waals surface area contributed by atoms with E-state index in [0.29, 0.717) is 0 Å². The minimum Gasteiger partial charge on any atom is -1.00 e. The molecule has 0 unspecified atom stereocenters. The summed E-state index contributed by atoms with van der Waals surface area (Å²) in [6.45, 7) is 4.71. The molecule has 0 aromatic heterocycles. The molecule has 0 heterocycles. The van der Waals surface area contributed by atoms with Gasteiger partial charge in [0.15, 0.2) is 0 Å². The predicted molar refractivity (Wildman–Crippen MR) is 92.5 cm³/mol. The summed E-state index contributed by atoms with van der Waals surface area (Å²) in [7, 11) is 0. The normalized spacial score (nSPS) is 13.0. The van der Waals surface area contributed by atoms with Gasteiger partial charge >= 0.3 is 141 Å². The molecule has 0 atom stereocenters. The van der Waals surface area contributed by atoms with Gasteiger partial charge in [-0.2, -0.15) is 0 Å². The maximum atomic E-state index is 2.42. The van der Waals surface area contributed by atoms with Crippen LogP contribution >= 0.6 is 0 Å². The Morgan fingerprint density at radius 3 is 2.38 bits per heavy atom. The Labute approximate surface area is 164 Å². The Morgan fingerprint density at radius 1 is 0.917 bits per heavy atom. The molecule has 0 spiro atoms. The average molecular weight is 435 g/mol. The summed E-state index contributed by atoms with van der Waals surface area (Å²) in [5, 5.41) is 0. The minimum atomic E-state index is -1.86. The van der Waals surface area contributed by atoms with Gasteiger partial charge in [0.2, 0.25) is 0 Å². The topological polar surface area (TPSA) is 0 Å². The number of benzene rings is 2. The van der Waals surface area contributed by atoms with E-state index in [0.717, 1.165) is 6.42 Å². The van der Waals surface area contributed by atoms with Crippen LogP contribution in [-0.4, -0.2) is 3.21 Å². The minimum absolute atomic E-state index is 0. The number of fused-ring (bicyclic) bond motifs is 3. The third kappa shape index (κ3) is 3.32. The molecule has 0 bridgehead atoms. The fraction of sp³-hybridized carbons (Fsp3) is 0.190. The number of rotatable bonds is 2. The van der Waals surface area contributed by atoms with Crippen LogP contribution in [0.25, 0.3) is 11.1 Å². The van der Waals surface area contributed by atoms with Gasteiger partial charge in [-0.3, -0.25) is 0 Å². The van der Waals surface area contributed by atoms with Crippen molar-refractivity contribution in [2.75, 3.05) is 0 Å².